The van der Waals surface area contributed by atoms with Crippen molar-refractivity contribution in [3.05, 3.63) is 79.7 Å². The molecule has 0 radical (unpaired) electrons. The molecule has 8 heteroatoms. The van der Waals surface area contributed by atoms with E-state index in [1.807, 2.05) is 0 Å². The number of benzene rings is 2. The highest BCUT2D eigenvalue weighted by Gasteiger charge is 2.36. The maximum absolute atomic E-state index is 12.5. The number of carbonyl (C=O) groups is 2. The highest BCUT2D eigenvalue weighted by Crippen LogP contribution is 2.34. The van der Waals surface area contributed by atoms with Gasteiger partial charge in [-0.15, -0.1) is 0 Å². The zero-order chi connectivity index (χ0) is 18.0. The van der Waals surface area contributed by atoms with Crippen LogP contribution < -0.4 is 0 Å². The minimum Gasteiger partial charge on any atom is -0.268 e. The van der Waals surface area contributed by atoms with Crippen molar-refractivity contribution in [3.63, 3.8) is 0 Å². The number of nitro benzene ring substituents is 1. The first-order valence-corrected chi connectivity index (χ1v) is 8.38. The lowest BCUT2D eigenvalue weighted by atomic mass is 10.1. The summed E-state index contributed by atoms with van der Waals surface area (Å²) >= 11 is 6.63. The minimum absolute atomic E-state index is 0.122. The molecule has 3 rings (SSSR count). The Kier molecular flexibility index (Phi) is 4.87. The highest BCUT2D eigenvalue weighted by atomic mass is 35.5. The largest absolute Gasteiger partial charge is 0.293 e. The number of imide groups is 1. The third-order valence-corrected chi connectivity index (χ3v) is 4.72. The predicted octanol–water partition coefficient (Wildman–Crippen LogP) is 4.48. The molecule has 0 aromatic heterocycles. The molecule has 1 aliphatic rings. The number of nitrogens with zero attached hydrogens (tertiary/aromatic N) is 2. The molecule has 0 spiro atoms. The van der Waals surface area contributed by atoms with Crippen LogP contribution in [0.5, 0.6) is 0 Å². The smallest absolute Gasteiger partial charge is 0.268 e. The molecule has 0 saturated carbocycles. The average molecular weight is 375 g/mol. The van der Waals surface area contributed by atoms with E-state index in [0.717, 1.165) is 22.2 Å². The van der Waals surface area contributed by atoms with E-state index in [4.69, 9.17) is 11.6 Å². The van der Waals surface area contributed by atoms with Crippen molar-refractivity contribution in [1.29, 1.82) is 0 Å². The van der Waals surface area contributed by atoms with Crippen molar-refractivity contribution in [1.82, 2.24) is 4.90 Å². The molecule has 1 fully saturated rings. The number of hydrogen-bond donors (Lipinski definition) is 0. The van der Waals surface area contributed by atoms with Crippen molar-refractivity contribution in [3.8, 4) is 0 Å². The van der Waals surface area contributed by atoms with E-state index < -0.39 is 16.1 Å². The summed E-state index contributed by atoms with van der Waals surface area (Å²) in [6.07, 6.45) is 1.60. The van der Waals surface area contributed by atoms with Gasteiger partial charge in [0.05, 0.1) is 16.4 Å². The van der Waals surface area contributed by atoms with Gasteiger partial charge in [0.2, 0.25) is 0 Å². The maximum atomic E-state index is 12.5. The third kappa shape index (κ3) is 3.72. The quantitative estimate of drug-likeness (QED) is 0.447. The number of nitro groups is 1. The fourth-order valence-electron chi connectivity index (χ4n) is 2.34. The van der Waals surface area contributed by atoms with Crippen molar-refractivity contribution in [2.24, 2.45) is 0 Å². The fourth-order valence-corrected chi connectivity index (χ4v) is 3.30. The summed E-state index contributed by atoms with van der Waals surface area (Å²) in [7, 11) is 0. The van der Waals surface area contributed by atoms with Gasteiger partial charge in [0.25, 0.3) is 16.8 Å². The Hall–Kier alpha value is -2.64. The Morgan fingerprint density at radius 3 is 2.48 bits per heavy atom. The van der Waals surface area contributed by atoms with Gasteiger partial charge in [-0.05, 0) is 35.5 Å². The molecule has 2 aromatic rings. The van der Waals surface area contributed by atoms with Crippen LogP contribution in [-0.2, 0) is 11.3 Å². The number of para-hydroxylation sites is 1. The fraction of sp³-hybridized carbons (Fsp3) is 0.0588. The number of rotatable bonds is 4. The number of thioether (sulfide) groups is 1. The second-order valence-corrected chi connectivity index (χ2v) is 6.63. The summed E-state index contributed by atoms with van der Waals surface area (Å²) < 4.78 is 0. The van der Waals surface area contributed by atoms with Crippen LogP contribution in [-0.4, -0.2) is 21.0 Å². The molecule has 2 aromatic carbocycles. The first-order chi connectivity index (χ1) is 12.0. The predicted molar refractivity (Wildman–Crippen MR) is 96.1 cm³/mol. The van der Waals surface area contributed by atoms with Gasteiger partial charge in [0.15, 0.2) is 0 Å². The normalized spacial score (nSPS) is 15.9. The van der Waals surface area contributed by atoms with Gasteiger partial charge in [-0.3, -0.25) is 24.6 Å². The van der Waals surface area contributed by atoms with Gasteiger partial charge in [0, 0.05) is 16.7 Å². The molecule has 0 atom stereocenters. The Labute approximate surface area is 152 Å². The van der Waals surface area contributed by atoms with Crippen LogP contribution in [0.25, 0.3) is 6.08 Å². The second-order valence-electron chi connectivity index (χ2n) is 5.21. The Balaban J connectivity index is 1.85. The van der Waals surface area contributed by atoms with E-state index in [0.29, 0.717) is 10.6 Å². The first kappa shape index (κ1) is 17.2. The van der Waals surface area contributed by atoms with E-state index in [1.54, 1.807) is 36.4 Å². The van der Waals surface area contributed by atoms with Crippen molar-refractivity contribution >= 4 is 46.3 Å². The summed E-state index contributed by atoms with van der Waals surface area (Å²) in [5.74, 6) is -0.469. The third-order valence-electron chi connectivity index (χ3n) is 3.56. The lowest BCUT2D eigenvalue weighted by Gasteiger charge is -2.12. The van der Waals surface area contributed by atoms with E-state index in [2.05, 4.69) is 0 Å². The summed E-state index contributed by atoms with van der Waals surface area (Å²) in [6.45, 7) is -0.139. The van der Waals surface area contributed by atoms with E-state index in [9.17, 15) is 19.7 Å². The first-order valence-electron chi connectivity index (χ1n) is 7.19. The molecular formula is C17H11ClN2O4S. The van der Waals surface area contributed by atoms with Crippen molar-refractivity contribution in [2.45, 2.75) is 6.54 Å². The molecule has 1 saturated heterocycles. The number of halogens is 1. The van der Waals surface area contributed by atoms with E-state index in [1.165, 1.54) is 18.2 Å². The van der Waals surface area contributed by atoms with Gasteiger partial charge in [0.1, 0.15) is 0 Å². The van der Waals surface area contributed by atoms with Crippen LogP contribution >= 0.6 is 23.4 Å². The zero-order valence-corrected chi connectivity index (χ0v) is 14.3. The van der Waals surface area contributed by atoms with E-state index >= 15 is 0 Å². The van der Waals surface area contributed by atoms with Gasteiger partial charge >= 0.3 is 0 Å². The molecule has 2 amide bonds. The number of hydrogen-bond acceptors (Lipinski definition) is 5. The molecule has 1 aliphatic heterocycles. The van der Waals surface area contributed by atoms with Crippen LogP contribution in [0.4, 0.5) is 10.5 Å². The van der Waals surface area contributed by atoms with Crippen LogP contribution in [0.1, 0.15) is 11.1 Å². The molecule has 25 heavy (non-hydrogen) atoms. The average Bonchev–Trinajstić information content (AvgIpc) is 2.85. The molecule has 126 valence electrons. The molecule has 6 nitrogen and oxygen atoms in total. The van der Waals surface area contributed by atoms with Crippen LogP contribution in [0, 0.1) is 10.1 Å². The monoisotopic (exact) mass is 374 g/mol. The van der Waals surface area contributed by atoms with Gasteiger partial charge in [-0.2, -0.15) is 0 Å². The summed E-state index contributed by atoms with van der Waals surface area (Å²) in [6, 6.07) is 12.9. The molecule has 0 bridgehead atoms. The number of carbonyl (C=O) groups excluding carboxylic acids is 2. The summed E-state index contributed by atoms with van der Waals surface area (Å²) in [4.78, 5) is 36.5. The maximum Gasteiger partial charge on any atom is 0.293 e. The van der Waals surface area contributed by atoms with Crippen LogP contribution in [0.2, 0.25) is 5.02 Å². The number of amides is 2. The standard InChI is InChI=1S/C17H11ClN2O4S/c18-13-7-5-11(6-8-13)9-15-16(21)19(17(22)25-15)10-12-3-1-2-4-14(12)20(23)24/h1-9H,10H2/b15-9-. The van der Waals surface area contributed by atoms with Gasteiger partial charge < -0.3 is 0 Å². The molecule has 0 aliphatic carbocycles. The van der Waals surface area contributed by atoms with Gasteiger partial charge in [-0.25, -0.2) is 0 Å². The Morgan fingerprint density at radius 2 is 1.80 bits per heavy atom. The van der Waals surface area contributed by atoms with Crippen LogP contribution in [0.15, 0.2) is 53.4 Å². The lowest BCUT2D eigenvalue weighted by molar-refractivity contribution is -0.385. The molecular weight excluding hydrogens is 364 g/mol. The van der Waals surface area contributed by atoms with Gasteiger partial charge in [-0.1, -0.05) is 41.9 Å². The second kappa shape index (κ2) is 7.08. The van der Waals surface area contributed by atoms with Crippen molar-refractivity contribution in [2.75, 3.05) is 0 Å². The lowest BCUT2D eigenvalue weighted by Crippen LogP contribution is -2.27. The summed E-state index contributed by atoms with van der Waals surface area (Å²) in [5, 5.41) is 11.2. The molecule has 1 heterocycles. The van der Waals surface area contributed by atoms with Crippen molar-refractivity contribution < 1.29 is 14.5 Å². The highest BCUT2D eigenvalue weighted by molar-refractivity contribution is 8.18. The minimum atomic E-state index is -0.530. The topological polar surface area (TPSA) is 80.5 Å². The van der Waals surface area contributed by atoms with Crippen LogP contribution in [0.3, 0.4) is 0 Å². The zero-order valence-electron chi connectivity index (χ0n) is 12.7. The SMILES string of the molecule is O=C1S/C(=C\c2ccc(Cl)cc2)C(=O)N1Cc1ccccc1[N+](=O)[O-]. The summed E-state index contributed by atoms with van der Waals surface area (Å²) in [5.41, 5.74) is 0.923. The Morgan fingerprint density at radius 1 is 1.12 bits per heavy atom. The molecule has 0 unspecified atom stereocenters. The van der Waals surface area contributed by atoms with E-state index in [-0.39, 0.29) is 17.1 Å². The molecule has 0 N–H and O–H groups in total. The Bertz CT molecular complexity index is 896.